The Bertz CT molecular complexity index is 533. The molecule has 2 N–H and O–H groups in total. The number of nitrogens with one attached hydrogen (secondary N) is 2. The van der Waals surface area contributed by atoms with Gasteiger partial charge < -0.3 is 20.1 Å². The maximum atomic E-state index is 11.3. The Kier molecular flexibility index (Phi) is 8.40. The second-order valence-electron chi connectivity index (χ2n) is 5.60. The second kappa shape index (κ2) is 10.0. The molecule has 1 rings (SSSR count). The molecule has 0 saturated heterocycles. The Morgan fingerprint density at radius 1 is 1.30 bits per heavy atom. The van der Waals surface area contributed by atoms with Gasteiger partial charge in [-0.25, -0.2) is 0 Å². The summed E-state index contributed by atoms with van der Waals surface area (Å²) in [5.74, 6) is 1.92. The first-order chi connectivity index (χ1) is 11.0. The molecule has 0 aliphatic carbocycles. The third-order valence-electron chi connectivity index (χ3n) is 3.21. The number of hydrogen-bond donors (Lipinski definition) is 2. The number of hydrogen-bond acceptors (Lipinski definition) is 4. The predicted molar refractivity (Wildman–Crippen MR) is 95.8 cm³/mol. The Morgan fingerprint density at radius 3 is 2.65 bits per heavy atom. The second-order valence-corrected chi connectivity index (χ2v) is 6.01. The maximum Gasteiger partial charge on any atom is 0.225 e. The van der Waals surface area contributed by atoms with Gasteiger partial charge in [0.25, 0.3) is 0 Å². The van der Waals surface area contributed by atoms with Crippen LogP contribution >= 0.6 is 12.2 Å². The van der Waals surface area contributed by atoms with Crippen LogP contribution in [-0.2, 0) is 11.3 Å². The van der Waals surface area contributed by atoms with E-state index in [1.807, 2.05) is 18.2 Å². The molecule has 128 valence electrons. The van der Waals surface area contributed by atoms with Crippen LogP contribution in [0.4, 0.5) is 0 Å². The zero-order valence-electron chi connectivity index (χ0n) is 14.3. The lowest BCUT2D eigenvalue weighted by Gasteiger charge is -2.14. The molecule has 0 heterocycles. The highest BCUT2D eigenvalue weighted by atomic mass is 32.1. The molecule has 6 heteroatoms. The first-order valence-corrected chi connectivity index (χ1v) is 8.24. The fourth-order valence-electron chi connectivity index (χ4n) is 1.79. The molecule has 0 bridgehead atoms. The molecule has 0 atom stereocenters. The third-order valence-corrected chi connectivity index (χ3v) is 3.45. The zero-order valence-corrected chi connectivity index (χ0v) is 15.1. The van der Waals surface area contributed by atoms with E-state index in [4.69, 9.17) is 21.7 Å². The van der Waals surface area contributed by atoms with Crippen LogP contribution < -0.4 is 20.1 Å². The van der Waals surface area contributed by atoms with Crippen molar-refractivity contribution in [2.45, 2.75) is 40.2 Å². The van der Waals surface area contributed by atoms with Crippen molar-refractivity contribution in [1.29, 1.82) is 0 Å². The van der Waals surface area contributed by atoms with Crippen LogP contribution in [0.25, 0.3) is 0 Å². The van der Waals surface area contributed by atoms with Crippen molar-refractivity contribution < 1.29 is 14.3 Å². The van der Waals surface area contributed by atoms with Crippen molar-refractivity contribution in [3.63, 3.8) is 0 Å². The summed E-state index contributed by atoms with van der Waals surface area (Å²) < 4.78 is 11.1. The van der Waals surface area contributed by atoms with Gasteiger partial charge in [-0.2, -0.15) is 0 Å². The predicted octanol–water partition coefficient (Wildman–Crippen LogP) is 3.02. The van der Waals surface area contributed by atoms with Gasteiger partial charge in [0.05, 0.1) is 13.7 Å². The van der Waals surface area contributed by atoms with Gasteiger partial charge in [0.15, 0.2) is 16.6 Å². The van der Waals surface area contributed by atoms with E-state index in [0.717, 1.165) is 17.7 Å². The summed E-state index contributed by atoms with van der Waals surface area (Å²) in [6.07, 6.45) is 1.40. The highest BCUT2D eigenvalue weighted by Gasteiger charge is 2.07. The zero-order chi connectivity index (χ0) is 17.2. The summed E-state index contributed by atoms with van der Waals surface area (Å²) >= 11 is 5.07. The Morgan fingerprint density at radius 2 is 2.04 bits per heavy atom. The summed E-state index contributed by atoms with van der Waals surface area (Å²) in [7, 11) is 1.62. The van der Waals surface area contributed by atoms with Crippen LogP contribution in [0.1, 0.15) is 39.2 Å². The summed E-state index contributed by atoms with van der Waals surface area (Å²) in [6.45, 7) is 7.27. The summed E-state index contributed by atoms with van der Waals surface area (Å²) in [6, 6.07) is 5.75. The topological polar surface area (TPSA) is 59.6 Å². The molecular formula is C17H26N2O3S. The van der Waals surface area contributed by atoms with Gasteiger partial charge >= 0.3 is 0 Å². The minimum Gasteiger partial charge on any atom is -0.493 e. The Hall–Kier alpha value is -1.82. The van der Waals surface area contributed by atoms with Gasteiger partial charge in [-0.1, -0.05) is 26.8 Å². The normalized spacial score (nSPS) is 10.3. The van der Waals surface area contributed by atoms with E-state index >= 15 is 0 Å². The van der Waals surface area contributed by atoms with Crippen molar-refractivity contribution in [2.75, 3.05) is 13.7 Å². The average molecular weight is 338 g/mol. The molecule has 0 unspecified atom stereocenters. The number of methoxy groups -OCH3 is 1. The van der Waals surface area contributed by atoms with Crippen molar-refractivity contribution in [1.82, 2.24) is 10.6 Å². The molecule has 0 aliphatic rings. The Labute approximate surface area is 143 Å². The summed E-state index contributed by atoms with van der Waals surface area (Å²) in [5.41, 5.74) is 0.992. The van der Waals surface area contributed by atoms with Gasteiger partial charge in [0.2, 0.25) is 5.91 Å². The van der Waals surface area contributed by atoms with Crippen LogP contribution in [0, 0.1) is 5.92 Å². The van der Waals surface area contributed by atoms with Crippen LogP contribution in [0.15, 0.2) is 18.2 Å². The van der Waals surface area contributed by atoms with Crippen LogP contribution in [0.5, 0.6) is 11.5 Å². The van der Waals surface area contributed by atoms with Gasteiger partial charge in [0, 0.05) is 13.0 Å². The SMILES string of the molecule is CCC(=O)NC(=S)NCc1ccc(OCCC(C)C)c(OC)c1. The number of benzene rings is 1. The van der Waals surface area contributed by atoms with Crippen LogP contribution in [0.2, 0.25) is 0 Å². The fourth-order valence-corrected chi connectivity index (χ4v) is 1.97. The highest BCUT2D eigenvalue weighted by molar-refractivity contribution is 7.80. The first-order valence-electron chi connectivity index (χ1n) is 7.83. The minimum absolute atomic E-state index is 0.103. The lowest BCUT2D eigenvalue weighted by molar-refractivity contribution is -0.119. The monoisotopic (exact) mass is 338 g/mol. The molecule has 0 radical (unpaired) electrons. The molecule has 0 aromatic heterocycles. The van der Waals surface area contributed by atoms with Gasteiger partial charge in [-0.3, -0.25) is 4.79 Å². The van der Waals surface area contributed by atoms with E-state index in [-0.39, 0.29) is 5.91 Å². The van der Waals surface area contributed by atoms with Crippen molar-refractivity contribution in [3.8, 4) is 11.5 Å². The summed E-state index contributed by atoms with van der Waals surface area (Å²) in [5, 5.41) is 5.93. The smallest absolute Gasteiger partial charge is 0.225 e. The van der Waals surface area contributed by atoms with Crippen molar-refractivity contribution >= 4 is 23.2 Å². The first kappa shape index (κ1) is 19.2. The number of amides is 1. The number of carbonyl (C=O) groups excluding carboxylic acids is 1. The lowest BCUT2D eigenvalue weighted by Crippen LogP contribution is -2.38. The average Bonchev–Trinajstić information content (AvgIpc) is 2.53. The molecule has 1 aromatic rings. The third kappa shape index (κ3) is 7.32. The van der Waals surface area contributed by atoms with Crippen LogP contribution in [-0.4, -0.2) is 24.7 Å². The molecular weight excluding hydrogens is 312 g/mol. The molecule has 0 spiro atoms. The van der Waals surface area contributed by atoms with Gasteiger partial charge in [0.1, 0.15) is 0 Å². The molecule has 1 aromatic carbocycles. The van der Waals surface area contributed by atoms with Crippen molar-refractivity contribution in [2.24, 2.45) is 5.92 Å². The Balaban J connectivity index is 2.57. The molecule has 5 nitrogen and oxygen atoms in total. The van der Waals surface area contributed by atoms with E-state index in [9.17, 15) is 4.79 Å². The van der Waals surface area contributed by atoms with Crippen LogP contribution in [0.3, 0.4) is 0 Å². The number of carbonyl (C=O) groups is 1. The van der Waals surface area contributed by atoms with Gasteiger partial charge in [-0.15, -0.1) is 0 Å². The number of rotatable bonds is 8. The molecule has 23 heavy (non-hydrogen) atoms. The molecule has 0 fully saturated rings. The van der Waals surface area contributed by atoms with Crippen molar-refractivity contribution in [3.05, 3.63) is 23.8 Å². The van der Waals surface area contributed by atoms with E-state index in [1.165, 1.54) is 0 Å². The fraction of sp³-hybridized carbons (Fsp3) is 0.529. The van der Waals surface area contributed by atoms with E-state index in [2.05, 4.69) is 24.5 Å². The van der Waals surface area contributed by atoms with E-state index in [0.29, 0.717) is 36.4 Å². The molecule has 1 amide bonds. The quantitative estimate of drug-likeness (QED) is 0.714. The lowest BCUT2D eigenvalue weighted by atomic mass is 10.1. The largest absolute Gasteiger partial charge is 0.493 e. The number of ether oxygens (including phenoxy) is 2. The highest BCUT2D eigenvalue weighted by Crippen LogP contribution is 2.28. The number of thiocarbonyl (C=S) groups is 1. The van der Waals surface area contributed by atoms with Gasteiger partial charge in [-0.05, 0) is 42.3 Å². The van der Waals surface area contributed by atoms with E-state index < -0.39 is 0 Å². The standard InChI is InChI=1S/C17H26N2O3S/c1-5-16(20)19-17(23)18-11-13-6-7-14(15(10-13)21-4)22-9-8-12(2)3/h6-7,10,12H,5,8-9,11H2,1-4H3,(H2,18,19,20,23). The molecule has 0 aliphatic heterocycles. The van der Waals surface area contributed by atoms with E-state index in [1.54, 1.807) is 14.0 Å². The maximum absolute atomic E-state index is 11.3. The minimum atomic E-state index is -0.103. The molecule has 0 saturated carbocycles. The summed E-state index contributed by atoms with van der Waals surface area (Å²) in [4.78, 5) is 11.3.